The van der Waals surface area contributed by atoms with E-state index in [1.54, 1.807) is 12.0 Å². The molecule has 5 heteroatoms. The topological polar surface area (TPSA) is 58.6 Å². The van der Waals surface area contributed by atoms with Crippen LogP contribution in [0.5, 0.6) is 5.75 Å². The van der Waals surface area contributed by atoms with Crippen LogP contribution in [0, 0.1) is 12.8 Å². The molecule has 1 unspecified atom stereocenters. The summed E-state index contributed by atoms with van der Waals surface area (Å²) in [4.78, 5) is 26.4. The number of hydrogen-bond acceptors (Lipinski definition) is 3. The average Bonchev–Trinajstić information content (AvgIpc) is 2.98. The first-order valence-corrected chi connectivity index (χ1v) is 7.89. The zero-order valence-electron chi connectivity index (χ0n) is 13.8. The molecule has 1 saturated heterocycles. The Morgan fingerprint density at radius 2 is 1.88 bits per heavy atom. The maximum atomic E-state index is 12.5. The van der Waals surface area contributed by atoms with Gasteiger partial charge in [-0.2, -0.15) is 0 Å². The zero-order chi connectivity index (χ0) is 17.1. The molecular formula is C19H20N2O3. The first-order chi connectivity index (χ1) is 11.6. The van der Waals surface area contributed by atoms with Crippen LogP contribution in [0.1, 0.15) is 12.0 Å². The summed E-state index contributed by atoms with van der Waals surface area (Å²) in [7, 11) is 1.57. The molecule has 5 nitrogen and oxygen atoms in total. The van der Waals surface area contributed by atoms with Crippen molar-refractivity contribution in [3.05, 3.63) is 54.1 Å². The normalized spacial score (nSPS) is 17.0. The number of methoxy groups -OCH3 is 1. The van der Waals surface area contributed by atoms with Crippen LogP contribution in [-0.2, 0) is 9.59 Å². The Bertz CT molecular complexity index is 755. The summed E-state index contributed by atoms with van der Waals surface area (Å²) in [6, 6.07) is 15.0. The lowest BCUT2D eigenvalue weighted by atomic mass is 10.1. The van der Waals surface area contributed by atoms with E-state index in [-0.39, 0.29) is 24.2 Å². The van der Waals surface area contributed by atoms with Gasteiger partial charge < -0.3 is 15.0 Å². The molecule has 1 aliphatic rings. The molecule has 0 spiro atoms. The second-order valence-corrected chi connectivity index (χ2v) is 5.93. The number of rotatable bonds is 4. The number of nitrogens with zero attached hydrogens (tertiary/aromatic N) is 1. The molecule has 124 valence electrons. The first-order valence-electron chi connectivity index (χ1n) is 7.89. The van der Waals surface area contributed by atoms with E-state index in [9.17, 15) is 9.59 Å². The molecule has 0 aromatic heterocycles. The van der Waals surface area contributed by atoms with E-state index in [0.29, 0.717) is 18.0 Å². The molecule has 1 N–H and O–H groups in total. The van der Waals surface area contributed by atoms with E-state index < -0.39 is 0 Å². The van der Waals surface area contributed by atoms with Gasteiger partial charge >= 0.3 is 0 Å². The number of nitrogens with one attached hydrogen (secondary N) is 1. The van der Waals surface area contributed by atoms with Gasteiger partial charge in [0.05, 0.1) is 18.7 Å². The summed E-state index contributed by atoms with van der Waals surface area (Å²) in [6.45, 7) is 2.35. The minimum absolute atomic E-state index is 0.0662. The van der Waals surface area contributed by atoms with Gasteiger partial charge in [-0.1, -0.05) is 29.8 Å². The van der Waals surface area contributed by atoms with Crippen molar-refractivity contribution in [1.29, 1.82) is 0 Å². The summed E-state index contributed by atoms with van der Waals surface area (Å²) in [5.74, 6) is 0.0577. The van der Waals surface area contributed by atoms with Crippen molar-refractivity contribution in [2.24, 2.45) is 5.92 Å². The number of carbonyl (C=O) groups is 2. The van der Waals surface area contributed by atoms with Gasteiger partial charge in [0.2, 0.25) is 11.8 Å². The van der Waals surface area contributed by atoms with Crippen LogP contribution >= 0.6 is 0 Å². The maximum Gasteiger partial charge on any atom is 0.229 e. The molecule has 2 aromatic carbocycles. The van der Waals surface area contributed by atoms with E-state index in [4.69, 9.17) is 4.74 Å². The molecule has 1 atom stereocenters. The van der Waals surface area contributed by atoms with Crippen LogP contribution < -0.4 is 15.0 Å². The lowest BCUT2D eigenvalue weighted by molar-refractivity contribution is -0.122. The minimum Gasteiger partial charge on any atom is -0.495 e. The fraction of sp³-hybridized carbons (Fsp3) is 0.263. The predicted octanol–water partition coefficient (Wildman–Crippen LogP) is 3.00. The monoisotopic (exact) mass is 324 g/mol. The van der Waals surface area contributed by atoms with Gasteiger partial charge in [-0.3, -0.25) is 9.59 Å². The zero-order valence-corrected chi connectivity index (χ0v) is 13.8. The van der Waals surface area contributed by atoms with E-state index >= 15 is 0 Å². The van der Waals surface area contributed by atoms with E-state index in [0.717, 1.165) is 11.3 Å². The Kier molecular flexibility index (Phi) is 4.51. The molecule has 2 amide bonds. The highest BCUT2D eigenvalue weighted by molar-refractivity contribution is 6.04. The number of carbonyl (C=O) groups excluding carboxylic acids is 2. The highest BCUT2D eigenvalue weighted by Gasteiger charge is 2.36. The third-order valence-electron chi connectivity index (χ3n) is 4.19. The molecule has 0 radical (unpaired) electrons. The van der Waals surface area contributed by atoms with Gasteiger partial charge in [0.1, 0.15) is 5.75 Å². The van der Waals surface area contributed by atoms with Gasteiger partial charge in [0, 0.05) is 18.7 Å². The predicted molar refractivity (Wildman–Crippen MR) is 93.3 cm³/mol. The third-order valence-corrected chi connectivity index (χ3v) is 4.19. The van der Waals surface area contributed by atoms with E-state index in [1.165, 1.54) is 0 Å². The number of aryl methyl sites for hydroxylation is 1. The van der Waals surface area contributed by atoms with Crippen molar-refractivity contribution in [3.8, 4) is 5.75 Å². The summed E-state index contributed by atoms with van der Waals surface area (Å²) in [5, 5.41) is 2.88. The summed E-state index contributed by atoms with van der Waals surface area (Å²) in [5.41, 5.74) is 2.58. The van der Waals surface area contributed by atoms with Crippen molar-refractivity contribution < 1.29 is 14.3 Å². The first kappa shape index (κ1) is 16.1. The van der Waals surface area contributed by atoms with E-state index in [2.05, 4.69) is 5.32 Å². The number of hydrogen-bond donors (Lipinski definition) is 1. The fourth-order valence-electron chi connectivity index (χ4n) is 2.85. The highest BCUT2D eigenvalue weighted by Crippen LogP contribution is 2.33. The van der Waals surface area contributed by atoms with Gasteiger partial charge in [-0.25, -0.2) is 0 Å². The Morgan fingerprint density at radius 3 is 2.58 bits per heavy atom. The van der Waals surface area contributed by atoms with Crippen LogP contribution in [0.25, 0.3) is 0 Å². The maximum absolute atomic E-state index is 12.5. The van der Waals surface area contributed by atoms with Gasteiger partial charge in [-0.05, 0) is 31.2 Å². The number of anilines is 2. The van der Waals surface area contributed by atoms with Gasteiger partial charge in [0.25, 0.3) is 0 Å². The molecule has 0 saturated carbocycles. The highest BCUT2D eigenvalue weighted by atomic mass is 16.5. The van der Waals surface area contributed by atoms with Crippen molar-refractivity contribution in [3.63, 3.8) is 0 Å². The van der Waals surface area contributed by atoms with Gasteiger partial charge in [-0.15, -0.1) is 0 Å². The lowest BCUT2D eigenvalue weighted by Gasteiger charge is -2.19. The summed E-state index contributed by atoms with van der Waals surface area (Å²) in [6.07, 6.45) is 0.204. The average molecular weight is 324 g/mol. The number of para-hydroxylation sites is 2. The Morgan fingerprint density at radius 1 is 1.17 bits per heavy atom. The lowest BCUT2D eigenvalue weighted by Crippen LogP contribution is -2.28. The van der Waals surface area contributed by atoms with Crippen LogP contribution in [0.4, 0.5) is 11.4 Å². The van der Waals surface area contributed by atoms with Crippen molar-refractivity contribution in [2.45, 2.75) is 13.3 Å². The molecular weight excluding hydrogens is 304 g/mol. The molecule has 0 bridgehead atoms. The number of ether oxygens (including phenoxy) is 1. The second-order valence-electron chi connectivity index (χ2n) is 5.93. The number of amides is 2. The Balaban J connectivity index is 1.72. The van der Waals surface area contributed by atoms with Crippen LogP contribution in [0.3, 0.4) is 0 Å². The van der Waals surface area contributed by atoms with Crippen LogP contribution in [0.2, 0.25) is 0 Å². The third kappa shape index (κ3) is 3.25. The molecule has 24 heavy (non-hydrogen) atoms. The molecule has 3 rings (SSSR count). The molecule has 1 heterocycles. The molecule has 1 fully saturated rings. The van der Waals surface area contributed by atoms with Crippen molar-refractivity contribution >= 4 is 23.2 Å². The second kappa shape index (κ2) is 6.74. The van der Waals surface area contributed by atoms with Gasteiger partial charge in [0.15, 0.2) is 0 Å². The van der Waals surface area contributed by atoms with Crippen molar-refractivity contribution in [1.82, 2.24) is 0 Å². The largest absolute Gasteiger partial charge is 0.495 e. The smallest absolute Gasteiger partial charge is 0.229 e. The Hall–Kier alpha value is -2.82. The molecule has 0 aliphatic carbocycles. The van der Waals surface area contributed by atoms with Crippen LogP contribution in [0.15, 0.2) is 48.5 Å². The fourth-order valence-corrected chi connectivity index (χ4v) is 2.85. The standard InChI is InChI=1S/C19H20N2O3/c1-13-7-9-15(10-8-13)20-19(23)14-11-18(22)21(12-14)16-5-3-4-6-17(16)24-2/h3-10,14H,11-12H2,1-2H3,(H,20,23). The van der Waals surface area contributed by atoms with Crippen molar-refractivity contribution in [2.75, 3.05) is 23.9 Å². The SMILES string of the molecule is COc1ccccc1N1CC(C(=O)Nc2ccc(C)cc2)CC1=O. The summed E-state index contributed by atoms with van der Waals surface area (Å²) < 4.78 is 5.31. The van der Waals surface area contributed by atoms with E-state index in [1.807, 2.05) is 55.5 Å². The Labute approximate surface area is 141 Å². The summed E-state index contributed by atoms with van der Waals surface area (Å²) >= 11 is 0. The quantitative estimate of drug-likeness (QED) is 0.940. The molecule has 2 aromatic rings. The number of benzene rings is 2. The minimum atomic E-state index is -0.372. The molecule has 1 aliphatic heterocycles. The van der Waals surface area contributed by atoms with Crippen LogP contribution in [-0.4, -0.2) is 25.5 Å².